The largest absolute Gasteiger partial charge is 0.445 e. The van der Waals surface area contributed by atoms with Crippen LogP contribution >= 0.6 is 15.9 Å². The lowest BCUT2D eigenvalue weighted by molar-refractivity contribution is 0.133. The Morgan fingerprint density at radius 2 is 1.82 bits per heavy atom. The van der Waals surface area contributed by atoms with Crippen molar-refractivity contribution in [2.45, 2.75) is 19.1 Å². The molecule has 2 aromatic rings. The van der Waals surface area contributed by atoms with E-state index in [9.17, 15) is 9.90 Å². The summed E-state index contributed by atoms with van der Waals surface area (Å²) in [5.74, 6) is 0. The van der Waals surface area contributed by atoms with Crippen molar-refractivity contribution in [2.75, 3.05) is 6.54 Å². The molecular formula is C17H18BrNO3. The monoisotopic (exact) mass is 363 g/mol. The summed E-state index contributed by atoms with van der Waals surface area (Å²) in [7, 11) is 0. The van der Waals surface area contributed by atoms with E-state index in [-0.39, 0.29) is 6.61 Å². The summed E-state index contributed by atoms with van der Waals surface area (Å²) in [5.41, 5.74) is 1.76. The molecule has 1 atom stereocenters. The van der Waals surface area contributed by atoms with Crippen LogP contribution in [0.2, 0.25) is 0 Å². The van der Waals surface area contributed by atoms with Gasteiger partial charge in [-0.2, -0.15) is 0 Å². The Morgan fingerprint density at radius 3 is 2.50 bits per heavy atom. The average Bonchev–Trinajstić information content (AvgIpc) is 2.54. The van der Waals surface area contributed by atoms with Crippen LogP contribution in [-0.4, -0.2) is 17.7 Å². The number of aliphatic hydroxyl groups excluding tert-OH is 1. The number of alkyl carbamates (subject to hydrolysis) is 1. The third kappa shape index (κ3) is 5.50. The van der Waals surface area contributed by atoms with Crippen LogP contribution in [0, 0.1) is 0 Å². The third-order valence-electron chi connectivity index (χ3n) is 3.15. The van der Waals surface area contributed by atoms with Gasteiger partial charge in [-0.1, -0.05) is 58.4 Å². The molecule has 0 spiro atoms. The van der Waals surface area contributed by atoms with Gasteiger partial charge in [-0.25, -0.2) is 4.79 Å². The lowest BCUT2D eigenvalue weighted by Gasteiger charge is -2.12. The molecular weight excluding hydrogens is 346 g/mol. The van der Waals surface area contributed by atoms with Crippen LogP contribution in [-0.2, 0) is 11.3 Å². The van der Waals surface area contributed by atoms with E-state index in [2.05, 4.69) is 21.2 Å². The molecule has 0 saturated heterocycles. The third-order valence-corrected chi connectivity index (χ3v) is 3.68. The van der Waals surface area contributed by atoms with E-state index in [4.69, 9.17) is 4.74 Å². The molecule has 0 bridgehead atoms. The molecule has 2 aromatic carbocycles. The summed E-state index contributed by atoms with van der Waals surface area (Å²) in [6, 6.07) is 16.9. The molecule has 2 N–H and O–H groups in total. The van der Waals surface area contributed by atoms with Crippen molar-refractivity contribution in [3.05, 3.63) is 70.2 Å². The SMILES string of the molecule is O=C(NCCC(O)c1ccc(Br)cc1)OCc1ccccc1. The first-order valence-corrected chi connectivity index (χ1v) is 7.82. The Bertz CT molecular complexity index is 587. The zero-order valence-electron chi connectivity index (χ0n) is 12.0. The lowest BCUT2D eigenvalue weighted by Crippen LogP contribution is -2.26. The molecule has 1 amide bonds. The minimum absolute atomic E-state index is 0.238. The molecule has 0 radical (unpaired) electrons. The number of halogens is 1. The maximum atomic E-state index is 11.6. The maximum absolute atomic E-state index is 11.6. The van der Waals surface area contributed by atoms with E-state index in [1.165, 1.54) is 0 Å². The predicted octanol–water partition coefficient (Wildman–Crippen LogP) is 3.80. The fraction of sp³-hybridized carbons (Fsp3) is 0.235. The Morgan fingerprint density at radius 1 is 1.14 bits per heavy atom. The van der Waals surface area contributed by atoms with Crippen LogP contribution < -0.4 is 5.32 Å². The van der Waals surface area contributed by atoms with Crippen LogP contribution in [0.3, 0.4) is 0 Å². The average molecular weight is 364 g/mol. The van der Waals surface area contributed by atoms with E-state index >= 15 is 0 Å². The number of hydrogen-bond acceptors (Lipinski definition) is 3. The van der Waals surface area contributed by atoms with E-state index in [1.54, 1.807) is 0 Å². The van der Waals surface area contributed by atoms with Crippen LogP contribution in [0.4, 0.5) is 4.79 Å². The van der Waals surface area contributed by atoms with Crippen LogP contribution in [0.15, 0.2) is 59.1 Å². The summed E-state index contributed by atoms with van der Waals surface area (Å²) in [6.45, 7) is 0.590. The van der Waals surface area contributed by atoms with Gasteiger partial charge in [0.2, 0.25) is 0 Å². The lowest BCUT2D eigenvalue weighted by atomic mass is 10.1. The van der Waals surface area contributed by atoms with Crippen LogP contribution in [0.1, 0.15) is 23.7 Å². The van der Waals surface area contributed by atoms with Gasteiger partial charge in [0.25, 0.3) is 0 Å². The maximum Gasteiger partial charge on any atom is 0.407 e. The van der Waals surface area contributed by atoms with E-state index < -0.39 is 12.2 Å². The molecule has 5 heteroatoms. The van der Waals surface area contributed by atoms with Gasteiger partial charge >= 0.3 is 6.09 Å². The topological polar surface area (TPSA) is 58.6 Å². The van der Waals surface area contributed by atoms with Crippen LogP contribution in [0.25, 0.3) is 0 Å². The first-order valence-electron chi connectivity index (χ1n) is 7.03. The fourth-order valence-electron chi connectivity index (χ4n) is 1.94. The van der Waals surface area contributed by atoms with Crippen molar-refractivity contribution in [1.29, 1.82) is 0 Å². The fourth-order valence-corrected chi connectivity index (χ4v) is 2.20. The number of carbonyl (C=O) groups excluding carboxylic acids is 1. The number of carbonyl (C=O) groups is 1. The minimum Gasteiger partial charge on any atom is -0.445 e. The molecule has 2 rings (SSSR count). The molecule has 0 aliphatic heterocycles. The Hall–Kier alpha value is -1.85. The van der Waals surface area contributed by atoms with Crippen LogP contribution in [0.5, 0.6) is 0 Å². The summed E-state index contributed by atoms with van der Waals surface area (Å²) in [4.78, 5) is 11.6. The van der Waals surface area contributed by atoms with Gasteiger partial charge in [-0.05, 0) is 29.7 Å². The first kappa shape index (κ1) is 16.5. The Balaban J connectivity index is 1.67. The number of ether oxygens (including phenoxy) is 1. The van der Waals surface area contributed by atoms with Crippen molar-refractivity contribution >= 4 is 22.0 Å². The molecule has 0 aliphatic rings. The van der Waals surface area contributed by atoms with Crippen molar-refractivity contribution in [2.24, 2.45) is 0 Å². The highest BCUT2D eigenvalue weighted by Crippen LogP contribution is 2.18. The number of nitrogens with one attached hydrogen (secondary N) is 1. The van der Waals surface area contributed by atoms with Gasteiger partial charge in [0, 0.05) is 11.0 Å². The molecule has 22 heavy (non-hydrogen) atoms. The smallest absolute Gasteiger partial charge is 0.407 e. The zero-order chi connectivity index (χ0) is 15.8. The normalized spacial score (nSPS) is 11.7. The molecule has 0 aliphatic carbocycles. The molecule has 0 fully saturated rings. The first-order chi connectivity index (χ1) is 10.6. The highest BCUT2D eigenvalue weighted by Gasteiger charge is 2.08. The van der Waals surface area contributed by atoms with E-state index in [0.717, 1.165) is 15.6 Å². The zero-order valence-corrected chi connectivity index (χ0v) is 13.6. The van der Waals surface area contributed by atoms with Gasteiger partial charge < -0.3 is 15.2 Å². The molecule has 0 saturated carbocycles. The summed E-state index contributed by atoms with van der Waals surface area (Å²) in [6.07, 6.45) is -0.656. The number of amides is 1. The second kappa shape index (κ2) is 8.56. The molecule has 4 nitrogen and oxygen atoms in total. The highest BCUT2D eigenvalue weighted by molar-refractivity contribution is 9.10. The highest BCUT2D eigenvalue weighted by atomic mass is 79.9. The van der Waals surface area contributed by atoms with Gasteiger partial charge in [-0.15, -0.1) is 0 Å². The number of hydrogen-bond donors (Lipinski definition) is 2. The van der Waals surface area contributed by atoms with E-state index in [0.29, 0.717) is 13.0 Å². The van der Waals surface area contributed by atoms with Gasteiger partial charge in [0.05, 0.1) is 6.10 Å². The summed E-state index contributed by atoms with van der Waals surface area (Å²) in [5, 5.41) is 12.7. The molecule has 0 heterocycles. The molecule has 1 unspecified atom stereocenters. The van der Waals surface area contributed by atoms with E-state index in [1.807, 2.05) is 54.6 Å². The van der Waals surface area contributed by atoms with Crippen molar-refractivity contribution in [3.63, 3.8) is 0 Å². The number of rotatable bonds is 6. The summed E-state index contributed by atoms with van der Waals surface area (Å²) < 4.78 is 6.06. The Labute approximate surface area is 138 Å². The van der Waals surface area contributed by atoms with Gasteiger partial charge in [0.1, 0.15) is 6.61 Å². The second-order valence-corrected chi connectivity index (χ2v) is 5.76. The van der Waals surface area contributed by atoms with Crippen molar-refractivity contribution < 1.29 is 14.6 Å². The number of aliphatic hydroxyl groups is 1. The molecule has 0 aromatic heterocycles. The second-order valence-electron chi connectivity index (χ2n) is 4.84. The van der Waals surface area contributed by atoms with Gasteiger partial charge in [-0.3, -0.25) is 0 Å². The number of benzene rings is 2. The summed E-state index contributed by atoms with van der Waals surface area (Å²) >= 11 is 3.35. The quantitative estimate of drug-likeness (QED) is 0.820. The minimum atomic E-state index is -0.609. The van der Waals surface area contributed by atoms with Gasteiger partial charge in [0.15, 0.2) is 0 Å². The van der Waals surface area contributed by atoms with Crippen molar-refractivity contribution in [3.8, 4) is 0 Å². The standard InChI is InChI=1S/C17H18BrNO3/c18-15-8-6-14(7-9-15)16(20)10-11-19-17(21)22-12-13-4-2-1-3-5-13/h1-9,16,20H,10-12H2,(H,19,21). The predicted molar refractivity (Wildman–Crippen MR) is 88.3 cm³/mol. The molecule has 116 valence electrons. The van der Waals surface area contributed by atoms with Crippen molar-refractivity contribution in [1.82, 2.24) is 5.32 Å². The Kier molecular flexibility index (Phi) is 6.43.